The number of ether oxygens (including phenoxy) is 1. The van der Waals surface area contributed by atoms with E-state index in [9.17, 15) is 4.79 Å². The summed E-state index contributed by atoms with van der Waals surface area (Å²) >= 11 is 0. The van der Waals surface area contributed by atoms with Crippen molar-refractivity contribution in [2.75, 3.05) is 13.2 Å². The van der Waals surface area contributed by atoms with Crippen LogP contribution in [0.1, 0.15) is 25.7 Å². The standard InChI is InChI=1S/C15H22N2O2.ClH/c16-11-12-5-4-8-14(12)17-15(18)9-10-19-13-6-2-1-3-7-13;/h1-3,6-7,12,14H,4-5,8-11,16H2,(H,17,18);1H. The quantitative estimate of drug-likeness (QED) is 0.845. The molecule has 0 aromatic heterocycles. The van der Waals surface area contributed by atoms with Crippen LogP contribution in [-0.4, -0.2) is 25.1 Å². The van der Waals surface area contributed by atoms with Gasteiger partial charge in [0.1, 0.15) is 5.75 Å². The lowest BCUT2D eigenvalue weighted by atomic mass is 10.0. The number of para-hydroxylation sites is 1. The van der Waals surface area contributed by atoms with Gasteiger partial charge in [0.05, 0.1) is 13.0 Å². The van der Waals surface area contributed by atoms with Gasteiger partial charge < -0.3 is 15.8 Å². The van der Waals surface area contributed by atoms with Crippen LogP contribution in [0.4, 0.5) is 0 Å². The summed E-state index contributed by atoms with van der Waals surface area (Å²) in [7, 11) is 0. The first kappa shape index (κ1) is 16.8. The fourth-order valence-corrected chi connectivity index (χ4v) is 2.57. The predicted octanol–water partition coefficient (Wildman–Crippen LogP) is 2.12. The molecule has 1 aromatic carbocycles. The van der Waals surface area contributed by atoms with Crippen molar-refractivity contribution in [2.24, 2.45) is 11.7 Å². The maximum absolute atomic E-state index is 11.8. The van der Waals surface area contributed by atoms with Crippen LogP contribution in [0.3, 0.4) is 0 Å². The second-order valence-electron chi connectivity index (χ2n) is 5.01. The van der Waals surface area contributed by atoms with Gasteiger partial charge in [-0.15, -0.1) is 12.4 Å². The molecule has 0 saturated heterocycles. The number of amides is 1. The molecule has 112 valence electrons. The number of hydrogen-bond donors (Lipinski definition) is 2. The molecule has 0 heterocycles. The first-order valence-electron chi connectivity index (χ1n) is 6.97. The zero-order valence-corrected chi connectivity index (χ0v) is 12.4. The van der Waals surface area contributed by atoms with Gasteiger partial charge in [-0.25, -0.2) is 0 Å². The number of halogens is 1. The van der Waals surface area contributed by atoms with Crippen LogP contribution >= 0.6 is 12.4 Å². The zero-order chi connectivity index (χ0) is 13.5. The average Bonchev–Trinajstić information content (AvgIpc) is 2.87. The van der Waals surface area contributed by atoms with Crippen LogP contribution in [0.25, 0.3) is 0 Å². The van der Waals surface area contributed by atoms with Crippen LogP contribution in [-0.2, 0) is 4.79 Å². The fourth-order valence-electron chi connectivity index (χ4n) is 2.57. The van der Waals surface area contributed by atoms with Crippen molar-refractivity contribution in [2.45, 2.75) is 31.7 Å². The first-order chi connectivity index (χ1) is 9.29. The second-order valence-corrected chi connectivity index (χ2v) is 5.01. The van der Waals surface area contributed by atoms with Crippen molar-refractivity contribution >= 4 is 18.3 Å². The Labute approximate surface area is 126 Å². The van der Waals surface area contributed by atoms with E-state index in [2.05, 4.69) is 5.32 Å². The van der Waals surface area contributed by atoms with Gasteiger partial charge in [-0.3, -0.25) is 4.79 Å². The van der Waals surface area contributed by atoms with Crippen LogP contribution in [0.5, 0.6) is 5.75 Å². The molecule has 1 aliphatic rings. The lowest BCUT2D eigenvalue weighted by Crippen LogP contribution is -2.40. The zero-order valence-electron chi connectivity index (χ0n) is 11.6. The Kier molecular flexibility index (Phi) is 7.41. The molecule has 1 amide bonds. The molecule has 1 aliphatic carbocycles. The van der Waals surface area contributed by atoms with E-state index in [1.54, 1.807) is 0 Å². The maximum atomic E-state index is 11.8. The van der Waals surface area contributed by atoms with E-state index < -0.39 is 0 Å². The molecule has 20 heavy (non-hydrogen) atoms. The molecular weight excluding hydrogens is 276 g/mol. The number of carbonyl (C=O) groups excluding carboxylic acids is 1. The minimum Gasteiger partial charge on any atom is -0.493 e. The summed E-state index contributed by atoms with van der Waals surface area (Å²) in [4.78, 5) is 11.8. The van der Waals surface area contributed by atoms with Crippen molar-refractivity contribution < 1.29 is 9.53 Å². The van der Waals surface area contributed by atoms with Gasteiger partial charge in [-0.1, -0.05) is 24.6 Å². The lowest BCUT2D eigenvalue weighted by Gasteiger charge is -2.19. The van der Waals surface area contributed by atoms with Crippen molar-refractivity contribution in [3.63, 3.8) is 0 Å². The Morgan fingerprint density at radius 1 is 1.30 bits per heavy atom. The molecule has 2 unspecified atom stereocenters. The number of hydrogen-bond acceptors (Lipinski definition) is 3. The van der Waals surface area contributed by atoms with Crippen molar-refractivity contribution in [3.8, 4) is 5.75 Å². The van der Waals surface area contributed by atoms with Crippen LogP contribution in [0.15, 0.2) is 30.3 Å². The molecule has 0 aliphatic heterocycles. The molecule has 4 nitrogen and oxygen atoms in total. The van der Waals surface area contributed by atoms with Crippen molar-refractivity contribution in [3.05, 3.63) is 30.3 Å². The van der Waals surface area contributed by atoms with Crippen LogP contribution < -0.4 is 15.8 Å². The Bertz CT molecular complexity index is 400. The Hall–Kier alpha value is -1.26. The van der Waals surface area contributed by atoms with Crippen molar-refractivity contribution in [1.82, 2.24) is 5.32 Å². The van der Waals surface area contributed by atoms with Gasteiger partial charge in [-0.2, -0.15) is 0 Å². The minimum atomic E-state index is 0. The van der Waals surface area contributed by atoms with Gasteiger partial charge in [0.25, 0.3) is 0 Å². The highest BCUT2D eigenvalue weighted by Crippen LogP contribution is 2.24. The van der Waals surface area contributed by atoms with E-state index >= 15 is 0 Å². The molecule has 2 atom stereocenters. The third-order valence-corrected chi connectivity index (χ3v) is 3.65. The summed E-state index contributed by atoms with van der Waals surface area (Å²) in [5.74, 6) is 1.30. The van der Waals surface area contributed by atoms with E-state index in [-0.39, 0.29) is 24.4 Å². The predicted molar refractivity (Wildman–Crippen MR) is 82.1 cm³/mol. The second kappa shape index (κ2) is 8.82. The highest BCUT2D eigenvalue weighted by molar-refractivity contribution is 5.85. The molecule has 1 saturated carbocycles. The van der Waals surface area contributed by atoms with Gasteiger partial charge >= 0.3 is 0 Å². The smallest absolute Gasteiger partial charge is 0.223 e. The molecular formula is C15H23ClN2O2. The molecule has 1 aromatic rings. The fraction of sp³-hybridized carbons (Fsp3) is 0.533. The van der Waals surface area contributed by atoms with E-state index in [0.717, 1.165) is 25.0 Å². The van der Waals surface area contributed by atoms with E-state index in [1.807, 2.05) is 30.3 Å². The number of nitrogens with two attached hydrogens (primary N) is 1. The van der Waals surface area contributed by atoms with Gasteiger partial charge in [0.15, 0.2) is 0 Å². The summed E-state index contributed by atoms with van der Waals surface area (Å²) in [6.07, 6.45) is 3.73. The highest BCUT2D eigenvalue weighted by atomic mass is 35.5. The number of benzene rings is 1. The van der Waals surface area contributed by atoms with Gasteiger partial charge in [0, 0.05) is 6.04 Å². The normalized spacial score (nSPS) is 21.1. The first-order valence-corrected chi connectivity index (χ1v) is 6.97. The molecule has 2 rings (SSSR count). The van der Waals surface area contributed by atoms with Crippen LogP contribution in [0, 0.1) is 5.92 Å². The largest absolute Gasteiger partial charge is 0.493 e. The van der Waals surface area contributed by atoms with Crippen LogP contribution in [0.2, 0.25) is 0 Å². The molecule has 1 fully saturated rings. The number of nitrogens with one attached hydrogen (secondary N) is 1. The van der Waals surface area contributed by atoms with E-state index in [0.29, 0.717) is 25.5 Å². The van der Waals surface area contributed by atoms with Gasteiger partial charge in [0.2, 0.25) is 5.91 Å². The lowest BCUT2D eigenvalue weighted by molar-refractivity contribution is -0.122. The molecule has 0 radical (unpaired) electrons. The van der Waals surface area contributed by atoms with Gasteiger partial charge in [-0.05, 0) is 37.4 Å². The Morgan fingerprint density at radius 3 is 2.75 bits per heavy atom. The summed E-state index contributed by atoms with van der Waals surface area (Å²) in [5, 5.41) is 3.07. The average molecular weight is 299 g/mol. The third kappa shape index (κ3) is 5.02. The summed E-state index contributed by atoms with van der Waals surface area (Å²) < 4.78 is 5.51. The van der Waals surface area contributed by atoms with Crippen molar-refractivity contribution in [1.29, 1.82) is 0 Å². The topological polar surface area (TPSA) is 64.3 Å². The Balaban J connectivity index is 0.00000200. The number of carbonyl (C=O) groups is 1. The monoisotopic (exact) mass is 298 g/mol. The third-order valence-electron chi connectivity index (χ3n) is 3.65. The molecule has 0 bridgehead atoms. The van der Waals surface area contributed by atoms with E-state index in [4.69, 9.17) is 10.5 Å². The summed E-state index contributed by atoms with van der Waals surface area (Å²) in [5.41, 5.74) is 5.70. The summed E-state index contributed by atoms with van der Waals surface area (Å²) in [6, 6.07) is 9.81. The minimum absolute atomic E-state index is 0. The van der Waals surface area contributed by atoms with E-state index in [1.165, 1.54) is 0 Å². The Morgan fingerprint density at radius 2 is 2.05 bits per heavy atom. The summed E-state index contributed by atoms with van der Waals surface area (Å²) in [6.45, 7) is 1.07. The SMILES string of the molecule is Cl.NCC1CCCC1NC(=O)CCOc1ccccc1. The maximum Gasteiger partial charge on any atom is 0.223 e. The number of rotatable bonds is 6. The molecule has 0 spiro atoms. The molecule has 5 heteroatoms. The molecule has 3 N–H and O–H groups in total. The highest BCUT2D eigenvalue weighted by Gasteiger charge is 2.26.